The molecule has 2 heterocycles. The van der Waals surface area contributed by atoms with Crippen LogP contribution < -0.4 is 0 Å². The second-order valence-corrected chi connectivity index (χ2v) is 8.54. The van der Waals surface area contributed by atoms with Crippen molar-refractivity contribution in [3.63, 3.8) is 0 Å². The van der Waals surface area contributed by atoms with Crippen LogP contribution in [0.3, 0.4) is 0 Å². The average Bonchev–Trinajstić information content (AvgIpc) is 2.60. The maximum Gasteiger partial charge on any atom is 0.0125 e. The first-order valence-corrected chi connectivity index (χ1v) is 7.63. The predicted octanol–water partition coefficient (Wildman–Crippen LogP) is 3.37. The topological polar surface area (TPSA) is 6.48 Å². The zero-order valence-corrected chi connectivity index (χ0v) is 13.3. The Labute approximate surface area is 114 Å². The lowest BCUT2D eigenvalue weighted by molar-refractivity contribution is 0.0234. The van der Waals surface area contributed by atoms with Crippen molar-refractivity contribution in [2.45, 2.75) is 71.9 Å². The molecule has 18 heavy (non-hydrogen) atoms. The van der Waals surface area contributed by atoms with Gasteiger partial charge in [-0.1, -0.05) is 0 Å². The zero-order chi connectivity index (χ0) is 13.6. The Bertz CT molecular complexity index is 297. The molecule has 2 heteroatoms. The minimum absolute atomic E-state index is 0.336. The van der Waals surface area contributed by atoms with Crippen LogP contribution in [0.5, 0.6) is 0 Å². The van der Waals surface area contributed by atoms with Gasteiger partial charge in [0.15, 0.2) is 0 Å². The van der Waals surface area contributed by atoms with E-state index in [2.05, 4.69) is 51.3 Å². The summed E-state index contributed by atoms with van der Waals surface area (Å²) in [7, 11) is 0. The molecule has 2 nitrogen and oxygen atoms in total. The lowest BCUT2D eigenvalue weighted by atomic mass is 9.77. The van der Waals surface area contributed by atoms with Crippen LogP contribution in [0.2, 0.25) is 0 Å². The summed E-state index contributed by atoms with van der Waals surface area (Å²) in [5.41, 5.74) is 1.26. The Hall–Kier alpha value is -0.0800. The number of piperidine rings is 1. The van der Waals surface area contributed by atoms with Gasteiger partial charge in [0.05, 0.1) is 0 Å². The molecule has 2 rings (SSSR count). The summed E-state index contributed by atoms with van der Waals surface area (Å²) < 4.78 is 0. The highest BCUT2D eigenvalue weighted by atomic mass is 15.3. The van der Waals surface area contributed by atoms with Crippen molar-refractivity contribution in [3.05, 3.63) is 0 Å². The van der Waals surface area contributed by atoms with E-state index in [1.807, 2.05) is 0 Å². The Kier molecular flexibility index (Phi) is 3.57. The summed E-state index contributed by atoms with van der Waals surface area (Å²) in [6.07, 6.45) is 4.22. The van der Waals surface area contributed by atoms with Gasteiger partial charge >= 0.3 is 0 Å². The third-order valence-electron chi connectivity index (χ3n) is 5.00. The molecule has 2 aliphatic rings. The van der Waals surface area contributed by atoms with E-state index in [1.165, 1.54) is 45.4 Å². The van der Waals surface area contributed by atoms with Crippen molar-refractivity contribution in [1.82, 2.24) is 9.80 Å². The van der Waals surface area contributed by atoms with Gasteiger partial charge in [-0.2, -0.15) is 0 Å². The maximum absolute atomic E-state index is 2.71. The van der Waals surface area contributed by atoms with Gasteiger partial charge in [0.1, 0.15) is 0 Å². The Balaban J connectivity index is 2.05. The highest BCUT2D eigenvalue weighted by Crippen LogP contribution is 2.42. The minimum Gasteiger partial charge on any atom is -0.298 e. The minimum atomic E-state index is 0.336. The zero-order valence-electron chi connectivity index (χ0n) is 13.3. The fraction of sp³-hybridized carbons (Fsp3) is 1.00. The molecule has 1 spiro atoms. The van der Waals surface area contributed by atoms with E-state index >= 15 is 0 Å². The van der Waals surface area contributed by atoms with Crippen LogP contribution in [0.25, 0.3) is 0 Å². The third kappa shape index (κ3) is 2.91. The smallest absolute Gasteiger partial charge is 0.0125 e. The molecule has 2 aliphatic heterocycles. The number of likely N-dealkylation sites (tertiary alicyclic amines) is 2. The molecule has 0 aliphatic carbocycles. The fourth-order valence-electron chi connectivity index (χ4n) is 3.62. The summed E-state index contributed by atoms with van der Waals surface area (Å²) in [5.74, 6) is 0. The van der Waals surface area contributed by atoms with Crippen molar-refractivity contribution < 1.29 is 0 Å². The van der Waals surface area contributed by atoms with Crippen molar-refractivity contribution in [3.8, 4) is 0 Å². The van der Waals surface area contributed by atoms with Crippen molar-refractivity contribution in [2.75, 3.05) is 26.2 Å². The van der Waals surface area contributed by atoms with E-state index in [0.29, 0.717) is 16.5 Å². The second kappa shape index (κ2) is 4.49. The molecular weight excluding hydrogens is 220 g/mol. The van der Waals surface area contributed by atoms with Crippen molar-refractivity contribution >= 4 is 0 Å². The first-order chi connectivity index (χ1) is 8.12. The molecule has 0 radical (unpaired) electrons. The molecule has 1 unspecified atom stereocenters. The Morgan fingerprint density at radius 2 is 1.22 bits per heavy atom. The summed E-state index contributed by atoms with van der Waals surface area (Å²) in [5, 5.41) is 0. The lowest BCUT2D eigenvalue weighted by Crippen LogP contribution is -2.53. The Morgan fingerprint density at radius 3 is 1.67 bits per heavy atom. The van der Waals surface area contributed by atoms with Crippen LogP contribution >= 0.6 is 0 Å². The van der Waals surface area contributed by atoms with Gasteiger partial charge in [-0.05, 0) is 79.3 Å². The number of hydrogen-bond acceptors (Lipinski definition) is 2. The van der Waals surface area contributed by atoms with E-state index in [9.17, 15) is 0 Å². The second-order valence-electron chi connectivity index (χ2n) is 8.54. The van der Waals surface area contributed by atoms with E-state index < -0.39 is 0 Å². The number of rotatable bonds is 0. The van der Waals surface area contributed by atoms with Crippen LogP contribution in [-0.4, -0.2) is 47.1 Å². The molecule has 0 saturated carbocycles. The fourth-order valence-corrected chi connectivity index (χ4v) is 3.62. The monoisotopic (exact) mass is 252 g/mol. The third-order valence-corrected chi connectivity index (χ3v) is 5.00. The van der Waals surface area contributed by atoms with Gasteiger partial charge in [0.2, 0.25) is 0 Å². The quantitative estimate of drug-likeness (QED) is 0.652. The average molecular weight is 252 g/mol. The molecule has 0 bridgehead atoms. The summed E-state index contributed by atoms with van der Waals surface area (Å²) in [6.45, 7) is 19.4. The van der Waals surface area contributed by atoms with E-state index in [4.69, 9.17) is 0 Å². The van der Waals surface area contributed by atoms with Crippen molar-refractivity contribution in [2.24, 2.45) is 5.41 Å². The lowest BCUT2D eigenvalue weighted by Gasteiger charge is -2.47. The first-order valence-electron chi connectivity index (χ1n) is 7.63. The summed E-state index contributed by atoms with van der Waals surface area (Å²) >= 11 is 0. The van der Waals surface area contributed by atoms with E-state index in [0.717, 1.165) is 0 Å². The SMILES string of the molecule is CC(C)(C)N1CCCC2(CCN(C(C)(C)C)C2)C1. The van der Waals surface area contributed by atoms with Gasteiger partial charge < -0.3 is 0 Å². The molecule has 106 valence electrons. The largest absolute Gasteiger partial charge is 0.298 e. The standard InChI is InChI=1S/C16H32N2/c1-14(2,3)17-10-7-8-16(12-17)9-11-18(13-16)15(4,5)6/h7-13H2,1-6H3. The highest BCUT2D eigenvalue weighted by molar-refractivity contribution is 4.99. The highest BCUT2D eigenvalue weighted by Gasteiger charge is 2.45. The van der Waals surface area contributed by atoms with E-state index in [-0.39, 0.29) is 0 Å². The number of hydrogen-bond donors (Lipinski definition) is 0. The van der Waals surface area contributed by atoms with Gasteiger partial charge in [-0.25, -0.2) is 0 Å². The molecule has 2 fully saturated rings. The van der Waals surface area contributed by atoms with Crippen LogP contribution in [0.4, 0.5) is 0 Å². The van der Waals surface area contributed by atoms with Crippen molar-refractivity contribution in [1.29, 1.82) is 0 Å². The molecule has 0 aromatic heterocycles. The number of nitrogens with zero attached hydrogens (tertiary/aromatic N) is 2. The molecule has 2 saturated heterocycles. The molecule has 0 N–H and O–H groups in total. The van der Waals surface area contributed by atoms with Crippen LogP contribution in [0, 0.1) is 5.41 Å². The predicted molar refractivity (Wildman–Crippen MR) is 78.9 cm³/mol. The van der Waals surface area contributed by atoms with Gasteiger partial charge in [-0.15, -0.1) is 0 Å². The molecule has 0 aromatic carbocycles. The molecular formula is C16H32N2. The van der Waals surface area contributed by atoms with Gasteiger partial charge in [0.25, 0.3) is 0 Å². The molecule has 0 aromatic rings. The van der Waals surface area contributed by atoms with Crippen LogP contribution in [0.1, 0.15) is 60.8 Å². The van der Waals surface area contributed by atoms with Gasteiger partial charge in [-0.3, -0.25) is 9.80 Å². The molecule has 0 amide bonds. The van der Waals surface area contributed by atoms with E-state index in [1.54, 1.807) is 0 Å². The summed E-state index contributed by atoms with van der Waals surface area (Å²) in [6, 6.07) is 0. The maximum atomic E-state index is 2.71. The summed E-state index contributed by atoms with van der Waals surface area (Å²) in [4.78, 5) is 5.40. The normalized spacial score (nSPS) is 32.3. The van der Waals surface area contributed by atoms with Gasteiger partial charge in [0, 0.05) is 24.2 Å². The molecule has 1 atom stereocenters. The Morgan fingerprint density at radius 1 is 0.722 bits per heavy atom. The first kappa shape index (κ1) is 14.3. The van der Waals surface area contributed by atoms with Crippen LogP contribution in [0.15, 0.2) is 0 Å². The van der Waals surface area contributed by atoms with Crippen LogP contribution in [-0.2, 0) is 0 Å².